The van der Waals surface area contributed by atoms with Gasteiger partial charge >= 0.3 is 0 Å². The standard InChI is InChI=1S/C17H29N3O2/c1-5-20(6-2)15-8-9-16(14(3)12-15)19-13-17(21)18-10-7-11-22-4/h8-9,12,19H,5-7,10-11,13H2,1-4H3,(H,18,21). The Labute approximate surface area is 134 Å². The van der Waals surface area contributed by atoms with Crippen molar-refractivity contribution in [1.29, 1.82) is 0 Å². The first-order chi connectivity index (χ1) is 10.6. The summed E-state index contributed by atoms with van der Waals surface area (Å²) in [6.07, 6.45) is 0.833. The van der Waals surface area contributed by atoms with E-state index in [4.69, 9.17) is 4.74 Å². The SMILES string of the molecule is CCN(CC)c1ccc(NCC(=O)NCCCOC)c(C)c1. The van der Waals surface area contributed by atoms with E-state index in [0.717, 1.165) is 30.8 Å². The number of benzene rings is 1. The number of aryl methyl sites for hydroxylation is 1. The van der Waals surface area contributed by atoms with Crippen molar-refractivity contribution in [3.63, 3.8) is 0 Å². The molecule has 0 unspecified atom stereocenters. The van der Waals surface area contributed by atoms with E-state index in [9.17, 15) is 4.79 Å². The molecule has 124 valence electrons. The number of carbonyl (C=O) groups excluding carboxylic acids is 1. The molecule has 0 aliphatic carbocycles. The summed E-state index contributed by atoms with van der Waals surface area (Å²) in [5, 5.41) is 6.06. The Balaban J connectivity index is 2.47. The maximum Gasteiger partial charge on any atom is 0.239 e. The normalized spacial score (nSPS) is 10.4. The lowest BCUT2D eigenvalue weighted by Gasteiger charge is -2.22. The summed E-state index contributed by atoms with van der Waals surface area (Å²) in [5.41, 5.74) is 3.37. The van der Waals surface area contributed by atoms with Crippen molar-refractivity contribution in [2.45, 2.75) is 27.2 Å². The van der Waals surface area contributed by atoms with Gasteiger partial charge in [-0.2, -0.15) is 0 Å². The molecule has 5 nitrogen and oxygen atoms in total. The van der Waals surface area contributed by atoms with Crippen molar-refractivity contribution < 1.29 is 9.53 Å². The van der Waals surface area contributed by atoms with E-state index in [1.165, 1.54) is 5.69 Å². The van der Waals surface area contributed by atoms with Crippen molar-refractivity contribution in [3.05, 3.63) is 23.8 Å². The van der Waals surface area contributed by atoms with Crippen LogP contribution in [0.15, 0.2) is 18.2 Å². The van der Waals surface area contributed by atoms with E-state index in [2.05, 4.69) is 48.4 Å². The van der Waals surface area contributed by atoms with Gasteiger partial charge in [-0.3, -0.25) is 4.79 Å². The zero-order chi connectivity index (χ0) is 16.4. The van der Waals surface area contributed by atoms with Crippen LogP contribution in [0.2, 0.25) is 0 Å². The summed E-state index contributed by atoms with van der Waals surface area (Å²) in [6.45, 7) is 9.95. The Kier molecular flexibility index (Phi) is 8.36. The van der Waals surface area contributed by atoms with Gasteiger partial charge in [0.25, 0.3) is 0 Å². The predicted molar refractivity (Wildman–Crippen MR) is 92.7 cm³/mol. The molecule has 0 heterocycles. The van der Waals surface area contributed by atoms with E-state index in [-0.39, 0.29) is 5.91 Å². The topological polar surface area (TPSA) is 53.6 Å². The first-order valence-electron chi connectivity index (χ1n) is 7.97. The minimum Gasteiger partial charge on any atom is -0.385 e. The number of hydrogen-bond donors (Lipinski definition) is 2. The van der Waals surface area contributed by atoms with E-state index < -0.39 is 0 Å². The molecule has 0 fully saturated rings. The molecule has 0 aliphatic heterocycles. The monoisotopic (exact) mass is 307 g/mol. The number of anilines is 2. The lowest BCUT2D eigenvalue weighted by Crippen LogP contribution is -2.31. The van der Waals surface area contributed by atoms with Gasteiger partial charge in [0, 0.05) is 44.7 Å². The van der Waals surface area contributed by atoms with Crippen molar-refractivity contribution in [1.82, 2.24) is 5.32 Å². The molecule has 0 atom stereocenters. The number of hydrogen-bond acceptors (Lipinski definition) is 4. The number of carbonyl (C=O) groups is 1. The Morgan fingerprint density at radius 2 is 2.00 bits per heavy atom. The molecule has 0 aliphatic rings. The smallest absolute Gasteiger partial charge is 0.239 e. The highest BCUT2D eigenvalue weighted by Crippen LogP contribution is 2.22. The summed E-state index contributed by atoms with van der Waals surface area (Å²) >= 11 is 0. The molecule has 1 aromatic rings. The number of rotatable bonds is 10. The predicted octanol–water partition coefficient (Wildman–Crippen LogP) is 2.41. The fraction of sp³-hybridized carbons (Fsp3) is 0.588. The fourth-order valence-corrected chi connectivity index (χ4v) is 2.31. The van der Waals surface area contributed by atoms with Crippen LogP contribution in [-0.4, -0.2) is 45.8 Å². The maximum absolute atomic E-state index is 11.7. The third-order valence-electron chi connectivity index (χ3n) is 3.63. The molecule has 22 heavy (non-hydrogen) atoms. The summed E-state index contributed by atoms with van der Waals surface area (Å²) < 4.78 is 4.95. The number of nitrogens with one attached hydrogen (secondary N) is 2. The summed E-state index contributed by atoms with van der Waals surface area (Å²) in [5.74, 6) is 0.00308. The minimum atomic E-state index is 0.00308. The van der Waals surface area contributed by atoms with Gasteiger partial charge in [0.2, 0.25) is 5.91 Å². The van der Waals surface area contributed by atoms with E-state index in [1.54, 1.807) is 7.11 Å². The van der Waals surface area contributed by atoms with Crippen LogP contribution in [0.25, 0.3) is 0 Å². The molecule has 1 amide bonds. The van der Waals surface area contributed by atoms with Gasteiger partial charge in [0.15, 0.2) is 0 Å². The lowest BCUT2D eigenvalue weighted by molar-refractivity contribution is -0.119. The number of amides is 1. The molecular formula is C17H29N3O2. The second kappa shape index (κ2) is 10.1. The molecule has 0 saturated carbocycles. The molecular weight excluding hydrogens is 278 g/mol. The van der Waals surface area contributed by atoms with Crippen LogP contribution in [0.4, 0.5) is 11.4 Å². The second-order valence-corrected chi connectivity index (χ2v) is 5.22. The minimum absolute atomic E-state index is 0.00308. The van der Waals surface area contributed by atoms with Crippen molar-refractivity contribution in [2.75, 3.05) is 50.1 Å². The Morgan fingerprint density at radius 3 is 2.59 bits per heavy atom. The van der Waals surface area contributed by atoms with E-state index in [1.807, 2.05) is 6.07 Å². The Bertz CT molecular complexity index is 459. The first-order valence-corrected chi connectivity index (χ1v) is 7.97. The molecule has 0 radical (unpaired) electrons. The van der Waals surface area contributed by atoms with Crippen LogP contribution in [0, 0.1) is 6.92 Å². The highest BCUT2D eigenvalue weighted by atomic mass is 16.5. The van der Waals surface area contributed by atoms with Crippen LogP contribution < -0.4 is 15.5 Å². The van der Waals surface area contributed by atoms with Gasteiger partial charge in [0.05, 0.1) is 6.54 Å². The summed E-state index contributed by atoms with van der Waals surface area (Å²) in [7, 11) is 1.66. The second-order valence-electron chi connectivity index (χ2n) is 5.22. The quantitative estimate of drug-likeness (QED) is 0.652. The van der Waals surface area contributed by atoms with Crippen LogP contribution in [0.5, 0.6) is 0 Å². The Morgan fingerprint density at radius 1 is 1.27 bits per heavy atom. The van der Waals surface area contributed by atoms with Crippen molar-refractivity contribution in [3.8, 4) is 0 Å². The van der Waals surface area contributed by atoms with Crippen molar-refractivity contribution >= 4 is 17.3 Å². The van der Waals surface area contributed by atoms with Gasteiger partial charge < -0.3 is 20.3 Å². The average Bonchev–Trinajstić information content (AvgIpc) is 2.52. The zero-order valence-corrected chi connectivity index (χ0v) is 14.2. The van der Waals surface area contributed by atoms with E-state index in [0.29, 0.717) is 19.7 Å². The molecule has 2 N–H and O–H groups in total. The highest BCUT2D eigenvalue weighted by molar-refractivity contribution is 5.81. The third-order valence-corrected chi connectivity index (χ3v) is 3.63. The number of nitrogens with zero attached hydrogens (tertiary/aromatic N) is 1. The molecule has 1 rings (SSSR count). The highest BCUT2D eigenvalue weighted by Gasteiger charge is 2.06. The van der Waals surface area contributed by atoms with Gasteiger partial charge in [-0.15, -0.1) is 0 Å². The van der Waals surface area contributed by atoms with Crippen LogP contribution in [0.1, 0.15) is 25.8 Å². The first kappa shape index (κ1) is 18.3. The summed E-state index contributed by atoms with van der Waals surface area (Å²) in [6, 6.07) is 6.30. The van der Waals surface area contributed by atoms with Gasteiger partial charge in [-0.05, 0) is 51.0 Å². The molecule has 0 spiro atoms. The molecule has 0 aromatic heterocycles. The van der Waals surface area contributed by atoms with E-state index >= 15 is 0 Å². The summed E-state index contributed by atoms with van der Waals surface area (Å²) in [4.78, 5) is 14.0. The van der Waals surface area contributed by atoms with Gasteiger partial charge in [-0.1, -0.05) is 0 Å². The van der Waals surface area contributed by atoms with Gasteiger partial charge in [0.1, 0.15) is 0 Å². The van der Waals surface area contributed by atoms with Crippen LogP contribution in [-0.2, 0) is 9.53 Å². The van der Waals surface area contributed by atoms with Crippen molar-refractivity contribution in [2.24, 2.45) is 0 Å². The largest absolute Gasteiger partial charge is 0.385 e. The number of methoxy groups -OCH3 is 1. The van der Waals surface area contributed by atoms with Crippen LogP contribution >= 0.6 is 0 Å². The lowest BCUT2D eigenvalue weighted by atomic mass is 10.1. The molecule has 0 bridgehead atoms. The Hall–Kier alpha value is -1.75. The zero-order valence-electron chi connectivity index (χ0n) is 14.2. The van der Waals surface area contributed by atoms with Gasteiger partial charge in [-0.25, -0.2) is 0 Å². The maximum atomic E-state index is 11.7. The van der Waals surface area contributed by atoms with Crippen LogP contribution in [0.3, 0.4) is 0 Å². The number of ether oxygens (including phenoxy) is 1. The average molecular weight is 307 g/mol. The molecule has 1 aromatic carbocycles. The molecule has 0 saturated heterocycles. The molecule has 5 heteroatoms. The fourth-order valence-electron chi connectivity index (χ4n) is 2.31. The third kappa shape index (κ3) is 5.93.